The van der Waals surface area contributed by atoms with Gasteiger partial charge in [0.25, 0.3) is 11.8 Å². The number of methoxy groups -OCH3 is 1. The molecule has 0 aliphatic carbocycles. The second-order valence-electron chi connectivity index (χ2n) is 7.03. The first kappa shape index (κ1) is 23.9. The van der Waals surface area contributed by atoms with Crippen LogP contribution in [0.15, 0.2) is 78.9 Å². The zero-order valence-electron chi connectivity index (χ0n) is 18.4. The number of ether oxygens (including phenoxy) is 2. The Bertz CT molecular complexity index is 1120. The fourth-order valence-electron chi connectivity index (χ4n) is 3.04. The smallest absolute Gasteiger partial charge is 0.261 e. The maximum Gasteiger partial charge on any atom is 0.261 e. The van der Waals surface area contributed by atoms with Crippen molar-refractivity contribution < 1.29 is 19.1 Å². The quantitative estimate of drug-likeness (QED) is 0.387. The zero-order chi connectivity index (χ0) is 23.6. The summed E-state index contributed by atoms with van der Waals surface area (Å²) in [5, 5.41) is 5.71. The average molecular weight is 464 g/mol. The maximum absolute atomic E-state index is 12.9. The van der Waals surface area contributed by atoms with Crippen molar-refractivity contribution >= 4 is 40.5 Å². The molecule has 0 aliphatic rings. The summed E-state index contributed by atoms with van der Waals surface area (Å²) in [6, 6.07) is 23.2. The minimum absolute atomic E-state index is 0.104. The van der Waals surface area contributed by atoms with Gasteiger partial charge in [-0.25, -0.2) is 0 Å². The Labute approximate surface area is 198 Å². The van der Waals surface area contributed by atoms with Crippen molar-refractivity contribution in [2.24, 2.45) is 0 Å². The zero-order valence-corrected chi connectivity index (χ0v) is 19.2. The molecule has 0 saturated carbocycles. The number of para-hydroxylation sites is 2. The number of amides is 2. The fourth-order valence-corrected chi connectivity index (χ4v) is 3.25. The van der Waals surface area contributed by atoms with Crippen LogP contribution in [0.25, 0.3) is 0 Å². The molecule has 0 spiro atoms. The molecular weight excluding hydrogens is 438 g/mol. The van der Waals surface area contributed by atoms with Gasteiger partial charge in [0.15, 0.2) is 5.11 Å². The van der Waals surface area contributed by atoms with Gasteiger partial charge in [-0.05, 0) is 54.7 Å². The number of thiocarbonyl (C=S) groups is 1. The number of rotatable bonds is 8. The Balaban J connectivity index is 1.64. The van der Waals surface area contributed by atoms with Crippen molar-refractivity contribution in [2.75, 3.05) is 37.6 Å². The lowest BCUT2D eigenvalue weighted by molar-refractivity contribution is 0.0967. The summed E-state index contributed by atoms with van der Waals surface area (Å²) in [6.45, 7) is 0.728. The van der Waals surface area contributed by atoms with Crippen molar-refractivity contribution in [1.82, 2.24) is 5.32 Å². The van der Waals surface area contributed by atoms with Gasteiger partial charge in [-0.2, -0.15) is 0 Å². The standard InChI is InChI=1S/C25H25N3O4S/c1-28(20-11-4-3-5-12-20)24(30)18-9-8-10-19(17-18)26-25(33)27-23(29)21-13-6-7-14-22(21)32-16-15-31-2/h3-14,17H,15-16H2,1-2H3,(H2,26,27,29,33). The van der Waals surface area contributed by atoms with Crippen LogP contribution in [0.4, 0.5) is 11.4 Å². The van der Waals surface area contributed by atoms with E-state index in [2.05, 4.69) is 10.6 Å². The van der Waals surface area contributed by atoms with Gasteiger partial charge in [0, 0.05) is 31.1 Å². The third-order valence-corrected chi connectivity index (χ3v) is 4.92. The minimum atomic E-state index is -0.406. The fraction of sp³-hybridized carbons (Fsp3) is 0.160. The van der Waals surface area contributed by atoms with Crippen molar-refractivity contribution in [1.29, 1.82) is 0 Å². The molecule has 7 nitrogen and oxygen atoms in total. The highest BCUT2D eigenvalue weighted by Gasteiger charge is 2.16. The van der Waals surface area contributed by atoms with E-state index in [1.165, 1.54) is 0 Å². The molecule has 0 fully saturated rings. The van der Waals surface area contributed by atoms with Gasteiger partial charge in [0.2, 0.25) is 0 Å². The van der Waals surface area contributed by atoms with E-state index in [-0.39, 0.29) is 11.0 Å². The lowest BCUT2D eigenvalue weighted by atomic mass is 10.1. The molecule has 0 unspecified atom stereocenters. The van der Waals surface area contributed by atoms with Gasteiger partial charge >= 0.3 is 0 Å². The summed E-state index contributed by atoms with van der Waals surface area (Å²) in [5.74, 6) is -0.134. The molecule has 8 heteroatoms. The first-order valence-electron chi connectivity index (χ1n) is 10.3. The van der Waals surface area contributed by atoms with Gasteiger partial charge in [-0.1, -0.05) is 36.4 Å². The molecule has 3 aromatic carbocycles. The predicted octanol–water partition coefficient (Wildman–Crippen LogP) is 4.12. The van der Waals surface area contributed by atoms with Crippen molar-refractivity contribution in [3.8, 4) is 5.75 Å². The molecule has 2 N–H and O–H groups in total. The number of carbonyl (C=O) groups excluding carboxylic acids is 2. The van der Waals surface area contributed by atoms with Crippen LogP contribution in [0.1, 0.15) is 20.7 Å². The van der Waals surface area contributed by atoms with Gasteiger partial charge in [0.1, 0.15) is 12.4 Å². The molecule has 0 bridgehead atoms. The number of hydrogen-bond acceptors (Lipinski definition) is 5. The summed E-state index contributed by atoms with van der Waals surface area (Å²) in [4.78, 5) is 27.1. The highest BCUT2D eigenvalue weighted by molar-refractivity contribution is 7.80. The molecule has 3 rings (SSSR count). The van der Waals surface area contributed by atoms with E-state index in [0.29, 0.717) is 35.8 Å². The Hall–Kier alpha value is -3.75. The van der Waals surface area contributed by atoms with Crippen molar-refractivity contribution in [3.63, 3.8) is 0 Å². The lowest BCUT2D eigenvalue weighted by Gasteiger charge is -2.18. The number of benzene rings is 3. The summed E-state index contributed by atoms with van der Waals surface area (Å²) >= 11 is 5.30. The molecule has 0 atom stereocenters. The van der Waals surface area contributed by atoms with Crippen LogP contribution < -0.4 is 20.3 Å². The molecule has 0 radical (unpaired) electrons. The highest BCUT2D eigenvalue weighted by Crippen LogP contribution is 2.19. The van der Waals surface area contributed by atoms with Crippen molar-refractivity contribution in [3.05, 3.63) is 90.0 Å². The van der Waals surface area contributed by atoms with Gasteiger partial charge in [-0.15, -0.1) is 0 Å². The van der Waals surface area contributed by atoms with Crippen LogP contribution in [-0.4, -0.2) is 44.3 Å². The minimum Gasteiger partial charge on any atom is -0.490 e. The first-order chi connectivity index (χ1) is 16.0. The molecule has 33 heavy (non-hydrogen) atoms. The number of anilines is 2. The highest BCUT2D eigenvalue weighted by atomic mass is 32.1. The Morgan fingerprint density at radius 1 is 0.939 bits per heavy atom. The van der Waals surface area contributed by atoms with E-state index in [0.717, 1.165) is 5.69 Å². The first-order valence-corrected chi connectivity index (χ1v) is 10.7. The molecule has 3 aromatic rings. The molecular formula is C25H25N3O4S. The summed E-state index contributed by atoms with van der Waals surface area (Å²) < 4.78 is 10.6. The van der Waals surface area contributed by atoms with E-state index in [4.69, 9.17) is 21.7 Å². The topological polar surface area (TPSA) is 79.9 Å². The number of carbonyl (C=O) groups is 2. The normalized spacial score (nSPS) is 10.2. The molecule has 0 saturated heterocycles. The summed E-state index contributed by atoms with van der Waals surface area (Å²) in [6.07, 6.45) is 0. The van der Waals surface area contributed by atoms with Crippen LogP contribution >= 0.6 is 12.2 Å². The Morgan fingerprint density at radius 2 is 1.67 bits per heavy atom. The molecule has 2 amide bonds. The van der Waals surface area contributed by atoms with Gasteiger partial charge in [-0.3, -0.25) is 14.9 Å². The Morgan fingerprint density at radius 3 is 2.42 bits per heavy atom. The van der Waals surface area contributed by atoms with Crippen LogP contribution in [0.2, 0.25) is 0 Å². The second-order valence-corrected chi connectivity index (χ2v) is 7.43. The lowest BCUT2D eigenvalue weighted by Crippen LogP contribution is -2.34. The summed E-state index contributed by atoms with van der Waals surface area (Å²) in [5.41, 5.74) is 2.20. The maximum atomic E-state index is 12.9. The summed E-state index contributed by atoms with van der Waals surface area (Å²) in [7, 11) is 3.29. The van der Waals surface area contributed by atoms with E-state index < -0.39 is 5.91 Å². The van der Waals surface area contributed by atoms with E-state index >= 15 is 0 Å². The van der Waals surface area contributed by atoms with Crippen LogP contribution in [0.5, 0.6) is 5.75 Å². The predicted molar refractivity (Wildman–Crippen MR) is 133 cm³/mol. The van der Waals surface area contributed by atoms with Crippen LogP contribution in [0.3, 0.4) is 0 Å². The number of hydrogen-bond donors (Lipinski definition) is 2. The largest absolute Gasteiger partial charge is 0.490 e. The van der Waals surface area contributed by atoms with E-state index in [9.17, 15) is 9.59 Å². The Kier molecular flexibility index (Phi) is 8.51. The van der Waals surface area contributed by atoms with E-state index in [1.54, 1.807) is 67.6 Å². The van der Waals surface area contributed by atoms with Crippen LogP contribution in [0, 0.1) is 0 Å². The van der Waals surface area contributed by atoms with Gasteiger partial charge in [0.05, 0.1) is 12.2 Å². The molecule has 0 heterocycles. The van der Waals surface area contributed by atoms with Gasteiger partial charge < -0.3 is 19.7 Å². The SMILES string of the molecule is COCCOc1ccccc1C(=O)NC(=S)Nc1cccc(C(=O)N(C)c2ccccc2)c1. The number of nitrogens with one attached hydrogen (secondary N) is 2. The molecule has 0 aliphatic heterocycles. The molecule has 0 aromatic heterocycles. The van der Waals surface area contributed by atoms with Crippen molar-refractivity contribution in [2.45, 2.75) is 0 Å². The monoisotopic (exact) mass is 463 g/mol. The van der Waals surface area contributed by atoms with Crippen LogP contribution in [-0.2, 0) is 4.74 Å². The number of nitrogens with zero attached hydrogens (tertiary/aromatic N) is 1. The molecule has 170 valence electrons. The second kappa shape index (κ2) is 11.8. The third-order valence-electron chi connectivity index (χ3n) is 4.72. The van der Waals surface area contributed by atoms with E-state index in [1.807, 2.05) is 30.3 Å². The third kappa shape index (κ3) is 6.61. The average Bonchev–Trinajstić information content (AvgIpc) is 2.84.